The maximum absolute atomic E-state index is 14.0. The van der Waals surface area contributed by atoms with Gasteiger partial charge in [0.25, 0.3) is 0 Å². The Hall–Kier alpha value is -1.78. The third-order valence-electron chi connectivity index (χ3n) is 3.90. The maximum atomic E-state index is 14.0. The quantitative estimate of drug-likeness (QED) is 0.632. The highest BCUT2D eigenvalue weighted by molar-refractivity contribution is 7.89. The Morgan fingerprint density at radius 2 is 2.00 bits per heavy atom. The van der Waals surface area contributed by atoms with Crippen molar-refractivity contribution in [3.05, 3.63) is 28.1 Å². The number of rotatable bonds is 5. The number of hydrogen-bond acceptors (Lipinski definition) is 6. The molecule has 8 nitrogen and oxygen atoms in total. The zero-order valence-corrected chi connectivity index (χ0v) is 13.6. The number of nitro groups is 1. The average molecular weight is 347 g/mol. The average Bonchev–Trinajstić information content (AvgIpc) is 2.53. The first-order valence-electron chi connectivity index (χ1n) is 7.00. The molecule has 1 aromatic carbocycles. The molecule has 0 atom stereocenters. The molecule has 128 valence electrons. The van der Waals surface area contributed by atoms with Crippen molar-refractivity contribution < 1.29 is 22.5 Å². The highest BCUT2D eigenvalue weighted by Gasteiger charge is 2.32. The smallest absolute Gasteiger partial charge is 0.315 e. The van der Waals surface area contributed by atoms with Crippen molar-refractivity contribution in [1.82, 2.24) is 9.62 Å². The number of sulfonamides is 1. The number of halogens is 1. The number of nitrogens with one attached hydrogen (secondary N) is 1. The molecule has 10 heteroatoms. The molecule has 0 bridgehead atoms. The van der Waals surface area contributed by atoms with Gasteiger partial charge in [-0.1, -0.05) is 0 Å². The summed E-state index contributed by atoms with van der Waals surface area (Å²) in [5, 5.41) is 14.1. The van der Waals surface area contributed by atoms with E-state index in [0.717, 1.165) is 19.2 Å². The van der Waals surface area contributed by atoms with Crippen LogP contribution in [-0.2, 0) is 10.0 Å². The Bertz CT molecular complexity index is 702. The summed E-state index contributed by atoms with van der Waals surface area (Å²) >= 11 is 0. The molecule has 0 radical (unpaired) electrons. The first-order chi connectivity index (χ1) is 10.8. The summed E-state index contributed by atoms with van der Waals surface area (Å²) in [6.45, 7) is 0.546. The first-order valence-corrected chi connectivity index (χ1v) is 8.44. The van der Waals surface area contributed by atoms with Crippen LogP contribution in [-0.4, -0.2) is 50.9 Å². The highest BCUT2D eigenvalue weighted by atomic mass is 32.2. The molecule has 1 heterocycles. The molecule has 0 aliphatic carbocycles. The van der Waals surface area contributed by atoms with Crippen LogP contribution < -0.4 is 10.1 Å². The van der Waals surface area contributed by atoms with E-state index in [9.17, 15) is 22.9 Å². The van der Waals surface area contributed by atoms with E-state index in [0.29, 0.717) is 12.8 Å². The van der Waals surface area contributed by atoms with Gasteiger partial charge in [0.05, 0.1) is 16.9 Å². The lowest BCUT2D eigenvalue weighted by atomic mass is 10.1. The standard InChI is InChI=1S/C13H18FN3O5S/c1-15-9-3-5-16(6-4-9)23(20,21)10-7-11(14)13(22-2)12(8-10)17(18)19/h7-9,15H,3-6H2,1-2H3. The number of hydrogen-bond donors (Lipinski definition) is 1. The molecular formula is C13H18FN3O5S. The lowest BCUT2D eigenvalue weighted by molar-refractivity contribution is -0.386. The predicted molar refractivity (Wildman–Crippen MR) is 80.4 cm³/mol. The zero-order chi connectivity index (χ0) is 17.2. The third-order valence-corrected chi connectivity index (χ3v) is 5.77. The summed E-state index contributed by atoms with van der Waals surface area (Å²) in [7, 11) is -1.10. The van der Waals surface area contributed by atoms with E-state index in [1.54, 1.807) is 7.05 Å². The predicted octanol–water partition coefficient (Wildman–Crippen LogP) is 1.12. The van der Waals surface area contributed by atoms with Crippen molar-refractivity contribution in [2.24, 2.45) is 0 Å². The lowest BCUT2D eigenvalue weighted by Crippen LogP contribution is -2.43. The van der Waals surface area contributed by atoms with Crippen LogP contribution in [0.4, 0.5) is 10.1 Å². The summed E-state index contributed by atoms with van der Waals surface area (Å²) in [5.41, 5.74) is -0.712. The van der Waals surface area contributed by atoms with Gasteiger partial charge in [-0.05, 0) is 26.0 Å². The van der Waals surface area contributed by atoms with Crippen LogP contribution in [0.5, 0.6) is 5.75 Å². The fourth-order valence-electron chi connectivity index (χ4n) is 2.58. The number of nitro benzene ring substituents is 1. The second kappa shape index (κ2) is 6.77. The number of nitrogens with zero attached hydrogens (tertiary/aromatic N) is 2. The van der Waals surface area contributed by atoms with Crippen molar-refractivity contribution in [2.75, 3.05) is 27.2 Å². The van der Waals surface area contributed by atoms with Gasteiger partial charge in [-0.2, -0.15) is 4.31 Å². The van der Waals surface area contributed by atoms with Gasteiger partial charge >= 0.3 is 5.69 Å². The molecule has 1 aliphatic heterocycles. The molecule has 2 rings (SSSR count). The second-order valence-corrected chi connectivity index (χ2v) is 7.12. The molecule has 23 heavy (non-hydrogen) atoms. The van der Waals surface area contributed by atoms with Gasteiger partial charge in [-0.15, -0.1) is 0 Å². The largest absolute Gasteiger partial charge is 0.488 e. The Morgan fingerprint density at radius 3 is 2.48 bits per heavy atom. The van der Waals surface area contributed by atoms with Crippen molar-refractivity contribution >= 4 is 15.7 Å². The topological polar surface area (TPSA) is 102 Å². The Balaban J connectivity index is 2.39. The molecular weight excluding hydrogens is 329 g/mol. The van der Waals surface area contributed by atoms with E-state index < -0.39 is 37.1 Å². The fraction of sp³-hybridized carbons (Fsp3) is 0.538. The van der Waals surface area contributed by atoms with Crippen LogP contribution in [0.15, 0.2) is 17.0 Å². The molecule has 1 saturated heterocycles. The van der Waals surface area contributed by atoms with Crippen LogP contribution in [0.2, 0.25) is 0 Å². The molecule has 1 aromatic rings. The number of benzene rings is 1. The Kier molecular flexibility index (Phi) is 5.17. The third kappa shape index (κ3) is 3.43. The van der Waals surface area contributed by atoms with E-state index in [1.165, 1.54) is 4.31 Å². The van der Waals surface area contributed by atoms with Crippen molar-refractivity contribution in [3.8, 4) is 5.75 Å². The van der Waals surface area contributed by atoms with E-state index >= 15 is 0 Å². The van der Waals surface area contributed by atoms with E-state index in [-0.39, 0.29) is 19.1 Å². The molecule has 0 spiro atoms. The van der Waals surface area contributed by atoms with Gasteiger partial charge in [0, 0.05) is 25.2 Å². The molecule has 0 amide bonds. The van der Waals surface area contributed by atoms with E-state index in [2.05, 4.69) is 10.1 Å². The van der Waals surface area contributed by atoms with Crippen LogP contribution in [0.3, 0.4) is 0 Å². The second-order valence-electron chi connectivity index (χ2n) is 5.18. The summed E-state index contributed by atoms with van der Waals surface area (Å²) in [5.74, 6) is -1.66. The highest BCUT2D eigenvalue weighted by Crippen LogP contribution is 2.34. The van der Waals surface area contributed by atoms with Crippen LogP contribution in [0.1, 0.15) is 12.8 Å². The molecule has 0 saturated carbocycles. The summed E-state index contributed by atoms with van der Waals surface area (Å²) in [6.07, 6.45) is 1.24. The fourth-order valence-corrected chi connectivity index (χ4v) is 4.08. The SMILES string of the molecule is CNC1CCN(S(=O)(=O)c2cc(F)c(OC)c([N+](=O)[O-])c2)CC1. The minimum Gasteiger partial charge on any atom is -0.488 e. The van der Waals surface area contributed by atoms with Crippen molar-refractivity contribution in [3.63, 3.8) is 0 Å². The minimum atomic E-state index is -3.99. The number of piperidine rings is 1. The van der Waals surface area contributed by atoms with Gasteiger partial charge in [-0.3, -0.25) is 10.1 Å². The normalized spacial score (nSPS) is 17.2. The number of methoxy groups -OCH3 is 1. The lowest BCUT2D eigenvalue weighted by Gasteiger charge is -2.30. The zero-order valence-electron chi connectivity index (χ0n) is 12.8. The van der Waals surface area contributed by atoms with E-state index in [4.69, 9.17) is 0 Å². The van der Waals surface area contributed by atoms with Crippen LogP contribution >= 0.6 is 0 Å². The summed E-state index contributed by atoms with van der Waals surface area (Å²) in [4.78, 5) is 9.71. The van der Waals surface area contributed by atoms with Gasteiger partial charge in [-0.25, -0.2) is 12.8 Å². The summed E-state index contributed by atoms with van der Waals surface area (Å²) in [6, 6.07) is 1.82. The van der Waals surface area contributed by atoms with Gasteiger partial charge in [0.15, 0.2) is 5.82 Å². The molecule has 1 fully saturated rings. The van der Waals surface area contributed by atoms with Crippen LogP contribution in [0.25, 0.3) is 0 Å². The van der Waals surface area contributed by atoms with Gasteiger partial charge in [0.1, 0.15) is 0 Å². The van der Waals surface area contributed by atoms with Gasteiger partial charge < -0.3 is 10.1 Å². The Labute approximate surface area is 133 Å². The van der Waals surface area contributed by atoms with Crippen LogP contribution in [0, 0.1) is 15.9 Å². The monoisotopic (exact) mass is 347 g/mol. The summed E-state index contributed by atoms with van der Waals surface area (Å²) < 4.78 is 45.0. The van der Waals surface area contributed by atoms with Crippen molar-refractivity contribution in [1.29, 1.82) is 0 Å². The van der Waals surface area contributed by atoms with E-state index in [1.807, 2.05) is 0 Å². The Morgan fingerprint density at radius 1 is 1.39 bits per heavy atom. The maximum Gasteiger partial charge on any atom is 0.315 e. The number of ether oxygens (including phenoxy) is 1. The molecule has 0 unspecified atom stereocenters. The van der Waals surface area contributed by atoms with Crippen molar-refractivity contribution in [2.45, 2.75) is 23.8 Å². The molecule has 1 N–H and O–H groups in total. The molecule has 1 aliphatic rings. The molecule has 0 aromatic heterocycles. The van der Waals surface area contributed by atoms with Gasteiger partial charge in [0.2, 0.25) is 15.8 Å². The minimum absolute atomic E-state index is 0.225. The first kappa shape index (κ1) is 17.6.